The standard InChI is InChI=1S/C17H18N4O3S/c1-10-8-12(11(2)24-10)16(23)18-9-15(22)19-20-17-21(3)13-6-4-5-7-14(13)25-17/h4-8H,9H2,1-3H3,(H,18,23)(H,19,22)/b20-17-. The van der Waals surface area contributed by atoms with Crippen molar-refractivity contribution in [1.29, 1.82) is 0 Å². The lowest BCUT2D eigenvalue weighted by Crippen LogP contribution is -2.36. The average molecular weight is 358 g/mol. The summed E-state index contributed by atoms with van der Waals surface area (Å²) in [4.78, 5) is 24.6. The highest BCUT2D eigenvalue weighted by Gasteiger charge is 2.14. The Bertz CT molecular complexity index is 1010. The number of fused-ring (bicyclic) bond motifs is 1. The SMILES string of the molecule is Cc1cc(C(=O)NCC(=O)N/N=c2\sc3ccccc3n2C)c(C)o1. The van der Waals surface area contributed by atoms with Crippen molar-refractivity contribution in [3.8, 4) is 0 Å². The number of hydrogen-bond acceptors (Lipinski definition) is 5. The van der Waals surface area contributed by atoms with Gasteiger partial charge in [0.05, 0.1) is 22.3 Å². The zero-order valence-electron chi connectivity index (χ0n) is 14.1. The first-order chi connectivity index (χ1) is 12.0. The number of hydrogen-bond donors (Lipinski definition) is 2. The molecule has 2 aromatic heterocycles. The Balaban J connectivity index is 1.63. The van der Waals surface area contributed by atoms with Gasteiger partial charge in [0.15, 0.2) is 0 Å². The number of amides is 2. The molecule has 0 aliphatic heterocycles. The Labute approximate surface area is 148 Å². The molecule has 0 saturated carbocycles. The normalized spacial score (nSPS) is 11.7. The molecule has 8 heteroatoms. The summed E-state index contributed by atoms with van der Waals surface area (Å²) in [7, 11) is 1.88. The van der Waals surface area contributed by atoms with Crippen LogP contribution in [0.25, 0.3) is 10.2 Å². The number of para-hydroxylation sites is 1. The average Bonchev–Trinajstić information content (AvgIpc) is 3.10. The number of nitrogens with one attached hydrogen (secondary N) is 2. The number of thiazole rings is 1. The van der Waals surface area contributed by atoms with Gasteiger partial charge in [-0.25, -0.2) is 5.43 Å². The van der Waals surface area contributed by atoms with Crippen LogP contribution in [0.4, 0.5) is 0 Å². The van der Waals surface area contributed by atoms with Gasteiger partial charge < -0.3 is 14.3 Å². The van der Waals surface area contributed by atoms with Gasteiger partial charge in [-0.05, 0) is 32.0 Å². The molecule has 0 unspecified atom stereocenters. The molecule has 0 saturated heterocycles. The fourth-order valence-electron chi connectivity index (χ4n) is 2.45. The lowest BCUT2D eigenvalue weighted by atomic mass is 10.2. The van der Waals surface area contributed by atoms with E-state index in [9.17, 15) is 9.59 Å². The van der Waals surface area contributed by atoms with Crippen LogP contribution in [0.1, 0.15) is 21.9 Å². The Morgan fingerprint density at radius 3 is 2.72 bits per heavy atom. The second-order valence-electron chi connectivity index (χ2n) is 5.57. The lowest BCUT2D eigenvalue weighted by molar-refractivity contribution is -0.120. The van der Waals surface area contributed by atoms with E-state index in [2.05, 4.69) is 15.8 Å². The molecule has 0 aliphatic carbocycles. The van der Waals surface area contributed by atoms with Crippen LogP contribution in [0.5, 0.6) is 0 Å². The van der Waals surface area contributed by atoms with Crippen LogP contribution < -0.4 is 15.5 Å². The number of rotatable bonds is 4. The van der Waals surface area contributed by atoms with Gasteiger partial charge in [-0.2, -0.15) is 0 Å². The zero-order chi connectivity index (χ0) is 18.0. The number of carbonyl (C=O) groups is 2. The minimum absolute atomic E-state index is 0.166. The van der Waals surface area contributed by atoms with Crippen LogP contribution >= 0.6 is 11.3 Å². The summed E-state index contributed by atoms with van der Waals surface area (Å²) in [5, 5.41) is 6.68. The molecule has 0 fully saturated rings. The molecule has 3 aromatic rings. The zero-order valence-corrected chi connectivity index (χ0v) is 14.9. The smallest absolute Gasteiger partial charge is 0.259 e. The number of aryl methyl sites for hydroxylation is 3. The Morgan fingerprint density at radius 2 is 2.04 bits per heavy atom. The topological polar surface area (TPSA) is 88.6 Å². The molecule has 0 radical (unpaired) electrons. The minimum Gasteiger partial charge on any atom is -0.466 e. The van der Waals surface area contributed by atoms with Crippen molar-refractivity contribution >= 4 is 33.4 Å². The van der Waals surface area contributed by atoms with Crippen molar-refractivity contribution in [1.82, 2.24) is 15.3 Å². The predicted octanol–water partition coefficient (Wildman–Crippen LogP) is 1.81. The van der Waals surface area contributed by atoms with E-state index in [1.165, 1.54) is 11.3 Å². The van der Waals surface area contributed by atoms with E-state index in [1.807, 2.05) is 35.9 Å². The first-order valence-corrected chi connectivity index (χ1v) is 8.49. The van der Waals surface area contributed by atoms with E-state index >= 15 is 0 Å². The van der Waals surface area contributed by atoms with Crippen LogP contribution in [0, 0.1) is 13.8 Å². The first-order valence-electron chi connectivity index (χ1n) is 7.68. The van der Waals surface area contributed by atoms with E-state index < -0.39 is 5.91 Å². The summed E-state index contributed by atoms with van der Waals surface area (Å²) in [5.74, 6) is 0.428. The Hall–Kier alpha value is -2.87. The largest absolute Gasteiger partial charge is 0.466 e. The van der Waals surface area contributed by atoms with E-state index in [0.29, 0.717) is 21.9 Å². The fraction of sp³-hybridized carbons (Fsp3) is 0.235. The van der Waals surface area contributed by atoms with Crippen LogP contribution in [-0.4, -0.2) is 22.9 Å². The van der Waals surface area contributed by atoms with Crippen LogP contribution in [0.3, 0.4) is 0 Å². The van der Waals surface area contributed by atoms with Gasteiger partial charge in [-0.1, -0.05) is 23.5 Å². The van der Waals surface area contributed by atoms with Crippen LogP contribution in [-0.2, 0) is 11.8 Å². The molecule has 0 aliphatic rings. The minimum atomic E-state index is -0.399. The fourth-order valence-corrected chi connectivity index (χ4v) is 3.43. The van der Waals surface area contributed by atoms with Crippen molar-refractivity contribution in [3.05, 3.63) is 52.2 Å². The number of furan rings is 1. The van der Waals surface area contributed by atoms with Gasteiger partial charge in [-0.15, -0.1) is 5.10 Å². The van der Waals surface area contributed by atoms with E-state index in [-0.39, 0.29) is 12.5 Å². The number of carbonyl (C=O) groups excluding carboxylic acids is 2. The molecule has 1 aromatic carbocycles. The van der Waals surface area contributed by atoms with Crippen molar-refractivity contribution in [2.45, 2.75) is 13.8 Å². The van der Waals surface area contributed by atoms with Crippen molar-refractivity contribution < 1.29 is 14.0 Å². The Kier molecular flexibility index (Phi) is 4.71. The molecule has 3 rings (SSSR count). The second-order valence-corrected chi connectivity index (χ2v) is 6.58. The summed E-state index contributed by atoms with van der Waals surface area (Å²) in [6.45, 7) is 3.31. The maximum absolute atomic E-state index is 12.0. The van der Waals surface area contributed by atoms with Crippen LogP contribution in [0.15, 0.2) is 39.9 Å². The van der Waals surface area contributed by atoms with Gasteiger partial charge in [0.1, 0.15) is 11.5 Å². The predicted molar refractivity (Wildman–Crippen MR) is 95.0 cm³/mol. The molecule has 130 valence electrons. The highest BCUT2D eigenvalue weighted by Crippen LogP contribution is 2.15. The highest BCUT2D eigenvalue weighted by atomic mass is 32.1. The quantitative estimate of drug-likeness (QED) is 0.697. The lowest BCUT2D eigenvalue weighted by Gasteiger charge is -2.03. The van der Waals surface area contributed by atoms with Gasteiger partial charge >= 0.3 is 0 Å². The monoisotopic (exact) mass is 358 g/mol. The summed E-state index contributed by atoms with van der Waals surface area (Å²) in [6, 6.07) is 9.53. The molecular weight excluding hydrogens is 340 g/mol. The first kappa shape index (κ1) is 17.0. The van der Waals surface area contributed by atoms with E-state index in [4.69, 9.17) is 4.42 Å². The number of nitrogens with zero attached hydrogens (tertiary/aromatic N) is 2. The van der Waals surface area contributed by atoms with Crippen LogP contribution in [0.2, 0.25) is 0 Å². The summed E-state index contributed by atoms with van der Waals surface area (Å²) in [5.41, 5.74) is 3.94. The molecule has 0 spiro atoms. The van der Waals surface area contributed by atoms with Crippen molar-refractivity contribution in [2.75, 3.05) is 6.54 Å². The third-order valence-corrected chi connectivity index (χ3v) is 4.80. The molecule has 2 amide bonds. The highest BCUT2D eigenvalue weighted by molar-refractivity contribution is 7.16. The molecule has 7 nitrogen and oxygen atoms in total. The maximum atomic E-state index is 12.0. The molecule has 2 N–H and O–H groups in total. The molecule has 0 bridgehead atoms. The molecular formula is C17H18N4O3S. The number of benzene rings is 1. The third kappa shape index (κ3) is 3.63. The van der Waals surface area contributed by atoms with Gasteiger partial charge in [0, 0.05) is 7.05 Å². The summed E-state index contributed by atoms with van der Waals surface area (Å²) in [6.07, 6.45) is 0. The van der Waals surface area contributed by atoms with E-state index in [0.717, 1.165) is 10.2 Å². The second kappa shape index (κ2) is 6.94. The van der Waals surface area contributed by atoms with E-state index in [1.54, 1.807) is 19.9 Å². The maximum Gasteiger partial charge on any atom is 0.259 e. The third-order valence-electron chi connectivity index (χ3n) is 3.69. The molecule has 25 heavy (non-hydrogen) atoms. The van der Waals surface area contributed by atoms with Gasteiger partial charge in [0.25, 0.3) is 11.8 Å². The summed E-state index contributed by atoms with van der Waals surface area (Å²) >= 11 is 1.47. The van der Waals surface area contributed by atoms with Gasteiger partial charge in [-0.3, -0.25) is 9.59 Å². The summed E-state index contributed by atoms with van der Waals surface area (Å²) < 4.78 is 8.29. The van der Waals surface area contributed by atoms with Crippen molar-refractivity contribution in [2.24, 2.45) is 12.1 Å². The molecule has 0 atom stereocenters. The van der Waals surface area contributed by atoms with Crippen molar-refractivity contribution in [3.63, 3.8) is 0 Å². The number of aromatic nitrogens is 1. The Morgan fingerprint density at radius 1 is 1.28 bits per heavy atom. The van der Waals surface area contributed by atoms with Gasteiger partial charge in [0.2, 0.25) is 4.80 Å². The molecule has 2 heterocycles.